The number of aromatic nitrogens is 2. The first-order valence-corrected chi connectivity index (χ1v) is 12.5. The lowest BCUT2D eigenvalue weighted by Crippen LogP contribution is -2.58. The predicted octanol–water partition coefficient (Wildman–Crippen LogP) is 6.33. The highest BCUT2D eigenvalue weighted by Gasteiger charge is 2.45. The van der Waals surface area contributed by atoms with Crippen LogP contribution >= 0.6 is 15.9 Å². The molecule has 4 aliphatic rings. The Morgan fingerprint density at radius 3 is 2.18 bits per heavy atom. The Morgan fingerprint density at radius 2 is 1.43 bits per heavy atom. The van der Waals surface area contributed by atoms with E-state index in [2.05, 4.69) is 49.7 Å². The minimum absolute atomic E-state index is 0.594. The third-order valence-corrected chi connectivity index (χ3v) is 9.01. The lowest BCUT2D eigenvalue weighted by molar-refractivity contribution is -0.0484. The zero-order chi connectivity index (χ0) is 18.7. The molecule has 0 N–H and O–H groups in total. The van der Waals surface area contributed by atoms with E-state index in [0.29, 0.717) is 6.04 Å². The van der Waals surface area contributed by atoms with E-state index >= 15 is 0 Å². The number of fused-ring (bicyclic) bond motifs is 5. The van der Waals surface area contributed by atoms with Gasteiger partial charge in [0.05, 0.1) is 11.0 Å². The van der Waals surface area contributed by atoms with Crippen molar-refractivity contribution in [3.63, 3.8) is 0 Å². The molecule has 1 aromatic carbocycles. The zero-order valence-corrected chi connectivity index (χ0v) is 18.4. The molecule has 6 rings (SSSR count). The van der Waals surface area contributed by atoms with Gasteiger partial charge in [-0.05, 0) is 84.8 Å². The van der Waals surface area contributed by atoms with E-state index in [1.807, 2.05) is 0 Å². The maximum atomic E-state index is 4.80. The fourth-order valence-corrected chi connectivity index (χ4v) is 8.17. The van der Waals surface area contributed by atoms with E-state index in [4.69, 9.17) is 4.98 Å². The van der Waals surface area contributed by atoms with E-state index in [1.54, 1.807) is 0 Å². The van der Waals surface area contributed by atoms with Gasteiger partial charge in [-0.3, -0.25) is 4.90 Å². The largest absolute Gasteiger partial charge is 0.315 e. The fraction of sp³-hybridized carbons (Fsp3) is 0.708. The van der Waals surface area contributed by atoms with Crippen molar-refractivity contribution in [3.05, 3.63) is 29.0 Å². The number of piperidine rings is 2. The summed E-state index contributed by atoms with van der Waals surface area (Å²) in [5, 5.41) is 0. The smallest absolute Gasteiger partial charge is 0.178 e. The standard InChI is InChI=1S/C24H32BrN3/c25-24-26-22-9-1-2-10-23(22)28(24)21-14-18-7-4-8-19(15-21)27(18)20-12-16-5-3-6-17(11-16)13-20/h1-2,9-10,16-21H,3-8,11-15H2/t16-,17+,18-,19?,20?,21?/m0/s1. The van der Waals surface area contributed by atoms with E-state index < -0.39 is 0 Å². The molecule has 6 atom stereocenters. The van der Waals surface area contributed by atoms with E-state index in [1.165, 1.54) is 76.1 Å². The van der Waals surface area contributed by atoms with Gasteiger partial charge in [-0.15, -0.1) is 0 Å². The first kappa shape index (κ1) is 17.9. The molecule has 2 saturated carbocycles. The number of benzene rings is 1. The van der Waals surface area contributed by atoms with Crippen LogP contribution in [0.2, 0.25) is 0 Å². The van der Waals surface area contributed by atoms with Gasteiger partial charge in [-0.2, -0.15) is 0 Å². The molecule has 0 spiro atoms. The molecule has 3 nitrogen and oxygen atoms in total. The number of nitrogens with zero attached hydrogens (tertiary/aromatic N) is 3. The number of halogens is 1. The van der Waals surface area contributed by atoms with Crippen LogP contribution in [0, 0.1) is 11.8 Å². The number of rotatable bonds is 2. The highest BCUT2D eigenvalue weighted by Crippen LogP contribution is 2.48. The number of hydrogen-bond donors (Lipinski definition) is 0. The quantitative estimate of drug-likeness (QED) is 0.542. The topological polar surface area (TPSA) is 21.1 Å². The summed E-state index contributed by atoms with van der Waals surface area (Å²) in [6.45, 7) is 0. The molecule has 2 saturated heterocycles. The highest BCUT2D eigenvalue weighted by atomic mass is 79.9. The van der Waals surface area contributed by atoms with Gasteiger partial charge in [-0.1, -0.05) is 37.8 Å². The Morgan fingerprint density at radius 1 is 0.750 bits per heavy atom. The zero-order valence-electron chi connectivity index (χ0n) is 16.8. The van der Waals surface area contributed by atoms with Crippen molar-refractivity contribution in [1.29, 1.82) is 0 Å². The van der Waals surface area contributed by atoms with Crippen molar-refractivity contribution in [2.24, 2.45) is 11.8 Å². The van der Waals surface area contributed by atoms with Crippen molar-refractivity contribution >= 4 is 27.0 Å². The van der Waals surface area contributed by atoms with Gasteiger partial charge in [0.2, 0.25) is 0 Å². The van der Waals surface area contributed by atoms with E-state index in [-0.39, 0.29) is 0 Å². The highest BCUT2D eigenvalue weighted by molar-refractivity contribution is 9.10. The fourth-order valence-electron chi connectivity index (χ4n) is 7.50. The first-order chi connectivity index (χ1) is 13.8. The van der Waals surface area contributed by atoms with Crippen LogP contribution in [-0.2, 0) is 0 Å². The molecule has 3 heterocycles. The lowest BCUT2D eigenvalue weighted by atomic mass is 9.68. The van der Waals surface area contributed by atoms with E-state index in [9.17, 15) is 0 Å². The molecule has 4 fully saturated rings. The molecular weight excluding hydrogens is 410 g/mol. The van der Waals surface area contributed by atoms with Gasteiger partial charge in [0.1, 0.15) is 0 Å². The van der Waals surface area contributed by atoms with Crippen LogP contribution < -0.4 is 0 Å². The van der Waals surface area contributed by atoms with Crippen molar-refractivity contribution in [2.75, 3.05) is 0 Å². The van der Waals surface area contributed by atoms with Crippen LogP contribution in [0.15, 0.2) is 29.0 Å². The molecule has 3 unspecified atom stereocenters. The van der Waals surface area contributed by atoms with Gasteiger partial charge in [0.15, 0.2) is 4.73 Å². The van der Waals surface area contributed by atoms with Crippen LogP contribution in [0.1, 0.15) is 76.7 Å². The van der Waals surface area contributed by atoms with Gasteiger partial charge >= 0.3 is 0 Å². The second-order valence-electron chi connectivity index (χ2n) is 10.1. The molecule has 0 amide bonds. The SMILES string of the molecule is Brc1nc2ccccc2n1C1CC2CCC[C@@H](C1)N2C1C[C@H]2CCC[C@@H](C1)C2. The predicted molar refractivity (Wildman–Crippen MR) is 117 cm³/mol. The molecule has 4 bridgehead atoms. The third-order valence-electron chi connectivity index (χ3n) is 8.45. The summed E-state index contributed by atoms with van der Waals surface area (Å²) in [4.78, 5) is 7.85. The van der Waals surface area contributed by atoms with Crippen molar-refractivity contribution in [1.82, 2.24) is 14.5 Å². The van der Waals surface area contributed by atoms with Crippen molar-refractivity contribution < 1.29 is 0 Å². The Kier molecular flexibility index (Phi) is 4.57. The summed E-state index contributed by atoms with van der Waals surface area (Å²) in [6.07, 6.45) is 15.9. The van der Waals surface area contributed by atoms with Crippen molar-refractivity contribution in [2.45, 2.75) is 94.8 Å². The molecule has 2 aromatic rings. The monoisotopic (exact) mass is 441 g/mol. The summed E-state index contributed by atoms with van der Waals surface area (Å²) in [7, 11) is 0. The van der Waals surface area contributed by atoms with Gasteiger partial charge in [0, 0.05) is 24.2 Å². The van der Waals surface area contributed by atoms with Gasteiger partial charge < -0.3 is 4.57 Å². The van der Waals surface area contributed by atoms with Crippen LogP contribution in [0.4, 0.5) is 0 Å². The normalized spacial score (nSPS) is 38.6. The van der Waals surface area contributed by atoms with Gasteiger partial charge in [-0.25, -0.2) is 4.98 Å². The molecule has 4 heteroatoms. The van der Waals surface area contributed by atoms with Gasteiger partial charge in [0.25, 0.3) is 0 Å². The average molecular weight is 442 g/mol. The molecule has 2 aliphatic heterocycles. The molecule has 150 valence electrons. The number of hydrogen-bond acceptors (Lipinski definition) is 2. The summed E-state index contributed by atoms with van der Waals surface area (Å²) >= 11 is 3.79. The number of imidazole rings is 1. The van der Waals surface area contributed by atoms with Crippen molar-refractivity contribution in [3.8, 4) is 0 Å². The summed E-state index contributed by atoms with van der Waals surface area (Å²) in [5.74, 6) is 2.06. The molecule has 1 aromatic heterocycles. The summed E-state index contributed by atoms with van der Waals surface area (Å²) < 4.78 is 3.53. The molecule has 28 heavy (non-hydrogen) atoms. The maximum absolute atomic E-state index is 4.80. The first-order valence-electron chi connectivity index (χ1n) is 11.7. The Balaban J connectivity index is 1.28. The summed E-state index contributed by atoms with van der Waals surface area (Å²) in [5.41, 5.74) is 2.43. The Labute approximate surface area is 177 Å². The number of para-hydroxylation sites is 2. The summed E-state index contributed by atoms with van der Waals surface area (Å²) in [6, 6.07) is 11.7. The third kappa shape index (κ3) is 2.98. The van der Waals surface area contributed by atoms with Crippen LogP contribution in [-0.4, -0.2) is 32.6 Å². The minimum atomic E-state index is 0.594. The Bertz CT molecular complexity index is 835. The molecule has 0 radical (unpaired) electrons. The average Bonchev–Trinajstić information content (AvgIpc) is 3.02. The lowest BCUT2D eigenvalue weighted by Gasteiger charge is -2.55. The van der Waals surface area contributed by atoms with E-state index in [0.717, 1.165) is 40.2 Å². The Hall–Kier alpha value is -0.870. The van der Waals surface area contributed by atoms with Crippen LogP contribution in [0.3, 0.4) is 0 Å². The maximum Gasteiger partial charge on any atom is 0.178 e. The molecular formula is C24H32BrN3. The molecule has 2 aliphatic carbocycles. The second kappa shape index (κ2) is 7.12. The van der Waals surface area contributed by atoms with Crippen LogP contribution in [0.5, 0.6) is 0 Å². The second-order valence-corrected chi connectivity index (χ2v) is 10.8. The minimum Gasteiger partial charge on any atom is -0.315 e. The van der Waals surface area contributed by atoms with Crippen LogP contribution in [0.25, 0.3) is 11.0 Å².